The predicted octanol–water partition coefficient (Wildman–Crippen LogP) is 0.601. The number of methoxy groups -OCH3 is 1. The topological polar surface area (TPSA) is 67.3 Å². The van der Waals surface area contributed by atoms with E-state index >= 15 is 0 Å². The van der Waals surface area contributed by atoms with Crippen molar-refractivity contribution in [1.82, 2.24) is 15.3 Å². The molecule has 1 aromatic rings. The largest absolute Gasteiger partial charge is 0.377 e. The number of nitrogens with zero attached hydrogens (tertiary/aromatic N) is 3. The van der Waals surface area contributed by atoms with Crippen molar-refractivity contribution in [3.05, 3.63) is 17.0 Å². The number of aromatic nitrogens is 2. The van der Waals surface area contributed by atoms with Gasteiger partial charge < -0.3 is 15.0 Å². The maximum absolute atomic E-state index is 11.6. The molecule has 2 heterocycles. The van der Waals surface area contributed by atoms with Crippen LogP contribution in [0.25, 0.3) is 0 Å². The van der Waals surface area contributed by atoms with Crippen LogP contribution in [-0.2, 0) is 16.1 Å². The molecule has 98 valence electrons. The average Bonchev–Trinajstić information content (AvgIpc) is 2.32. The number of halogens is 1. The molecule has 1 saturated heterocycles. The molecule has 1 N–H and O–H groups in total. The molecule has 2 rings (SSSR count). The Hall–Kier alpha value is -1.40. The molecule has 0 aromatic carbocycles. The summed E-state index contributed by atoms with van der Waals surface area (Å²) in [6.07, 6.45) is 0. The summed E-state index contributed by atoms with van der Waals surface area (Å²) in [6, 6.07) is 1.40. The fourth-order valence-electron chi connectivity index (χ4n) is 1.89. The fourth-order valence-corrected chi connectivity index (χ4v) is 2.08. The minimum Gasteiger partial charge on any atom is -0.377 e. The maximum atomic E-state index is 11.6. The number of hydrogen-bond donors (Lipinski definition) is 1. The summed E-state index contributed by atoms with van der Waals surface area (Å²) in [5, 5.41) is 3.16. The molecule has 6 nitrogen and oxygen atoms in total. The first-order chi connectivity index (χ1) is 8.61. The molecule has 1 aromatic heterocycles. The van der Waals surface area contributed by atoms with Crippen molar-refractivity contribution in [1.29, 1.82) is 0 Å². The van der Waals surface area contributed by atoms with Crippen LogP contribution in [-0.4, -0.2) is 42.1 Å². The molecule has 0 aliphatic carbocycles. The molecule has 1 aliphatic rings. The van der Waals surface area contributed by atoms with Crippen molar-refractivity contribution < 1.29 is 9.53 Å². The molecule has 1 unspecified atom stereocenters. The second kappa shape index (κ2) is 5.49. The SMILES string of the molecule is COCc1nc(Cl)cc(N2CCNC(=O)C2C)n1. The van der Waals surface area contributed by atoms with E-state index in [1.165, 1.54) is 0 Å². The molecule has 0 spiro atoms. The fraction of sp³-hybridized carbons (Fsp3) is 0.545. The van der Waals surface area contributed by atoms with Gasteiger partial charge in [-0.2, -0.15) is 0 Å². The van der Waals surface area contributed by atoms with Gasteiger partial charge in [0.15, 0.2) is 5.82 Å². The van der Waals surface area contributed by atoms with Crippen LogP contribution < -0.4 is 10.2 Å². The van der Waals surface area contributed by atoms with Crippen LogP contribution in [0.3, 0.4) is 0 Å². The van der Waals surface area contributed by atoms with Crippen molar-refractivity contribution in [2.45, 2.75) is 19.6 Å². The maximum Gasteiger partial charge on any atom is 0.242 e. The second-order valence-corrected chi connectivity index (χ2v) is 4.45. The minimum absolute atomic E-state index is 0.00993. The Morgan fingerprint density at radius 2 is 2.39 bits per heavy atom. The van der Waals surface area contributed by atoms with Gasteiger partial charge in [-0.3, -0.25) is 4.79 Å². The zero-order valence-corrected chi connectivity index (χ0v) is 11.1. The summed E-state index contributed by atoms with van der Waals surface area (Å²) in [6.45, 7) is 3.43. The van der Waals surface area contributed by atoms with Crippen LogP contribution in [0.5, 0.6) is 0 Å². The van der Waals surface area contributed by atoms with Crippen LogP contribution in [0.2, 0.25) is 5.15 Å². The standard InChI is InChI=1S/C11H15ClN4O2/c1-7-11(17)13-3-4-16(7)10-5-8(12)14-9(15-10)6-18-2/h5,7H,3-4,6H2,1-2H3,(H,13,17). The summed E-state index contributed by atoms with van der Waals surface area (Å²) >= 11 is 5.96. The normalized spacial score (nSPS) is 19.8. The Balaban J connectivity index is 2.28. The lowest BCUT2D eigenvalue weighted by atomic mass is 10.2. The predicted molar refractivity (Wildman–Crippen MR) is 67.6 cm³/mol. The number of carbonyl (C=O) groups is 1. The summed E-state index contributed by atoms with van der Waals surface area (Å²) in [7, 11) is 1.57. The van der Waals surface area contributed by atoms with E-state index in [1.807, 2.05) is 11.8 Å². The van der Waals surface area contributed by atoms with E-state index in [4.69, 9.17) is 16.3 Å². The van der Waals surface area contributed by atoms with Crippen molar-refractivity contribution in [2.24, 2.45) is 0 Å². The van der Waals surface area contributed by atoms with Crippen molar-refractivity contribution >= 4 is 23.3 Å². The van der Waals surface area contributed by atoms with Crippen LogP contribution >= 0.6 is 11.6 Å². The molecular weight excluding hydrogens is 256 g/mol. The number of anilines is 1. The molecule has 0 bridgehead atoms. The number of ether oxygens (including phenoxy) is 1. The first kappa shape index (κ1) is 13.0. The van der Waals surface area contributed by atoms with Crippen LogP contribution in [0.4, 0.5) is 5.82 Å². The third-order valence-electron chi connectivity index (χ3n) is 2.79. The minimum atomic E-state index is -0.264. The summed E-state index contributed by atoms with van der Waals surface area (Å²) in [5.41, 5.74) is 0. The van der Waals surface area contributed by atoms with E-state index in [9.17, 15) is 4.79 Å². The number of rotatable bonds is 3. The molecule has 1 amide bonds. The van der Waals surface area contributed by atoms with Crippen molar-refractivity contribution in [2.75, 3.05) is 25.1 Å². The van der Waals surface area contributed by atoms with E-state index in [2.05, 4.69) is 15.3 Å². The highest BCUT2D eigenvalue weighted by Gasteiger charge is 2.26. The number of carbonyl (C=O) groups excluding carboxylic acids is 1. The van der Waals surface area contributed by atoms with Crippen molar-refractivity contribution in [3.63, 3.8) is 0 Å². The second-order valence-electron chi connectivity index (χ2n) is 4.06. The zero-order valence-electron chi connectivity index (χ0n) is 10.3. The third kappa shape index (κ3) is 2.70. The molecule has 1 atom stereocenters. The van der Waals surface area contributed by atoms with Gasteiger partial charge in [0, 0.05) is 26.3 Å². The van der Waals surface area contributed by atoms with Gasteiger partial charge in [0.25, 0.3) is 0 Å². The van der Waals surface area contributed by atoms with Gasteiger partial charge in [-0.05, 0) is 6.92 Å². The van der Waals surface area contributed by atoms with Gasteiger partial charge in [-0.25, -0.2) is 9.97 Å². The van der Waals surface area contributed by atoms with Crippen molar-refractivity contribution in [3.8, 4) is 0 Å². The Labute approximate surface area is 110 Å². The van der Waals surface area contributed by atoms with Gasteiger partial charge in [0.1, 0.15) is 23.6 Å². The molecule has 1 aliphatic heterocycles. The van der Waals surface area contributed by atoms with Gasteiger partial charge in [-0.1, -0.05) is 11.6 Å². The number of piperazine rings is 1. The van der Waals surface area contributed by atoms with E-state index in [0.717, 1.165) is 0 Å². The van der Waals surface area contributed by atoms with Gasteiger partial charge >= 0.3 is 0 Å². The Morgan fingerprint density at radius 3 is 3.11 bits per heavy atom. The monoisotopic (exact) mass is 270 g/mol. The van der Waals surface area contributed by atoms with E-state index < -0.39 is 0 Å². The van der Waals surface area contributed by atoms with Gasteiger partial charge in [-0.15, -0.1) is 0 Å². The van der Waals surface area contributed by atoms with Crippen LogP contribution in [0.15, 0.2) is 6.07 Å². The number of hydrogen-bond acceptors (Lipinski definition) is 5. The highest BCUT2D eigenvalue weighted by molar-refractivity contribution is 6.29. The third-order valence-corrected chi connectivity index (χ3v) is 2.99. The highest BCUT2D eigenvalue weighted by atomic mass is 35.5. The smallest absolute Gasteiger partial charge is 0.242 e. The van der Waals surface area contributed by atoms with E-state index in [-0.39, 0.29) is 11.9 Å². The average molecular weight is 271 g/mol. The number of amides is 1. The van der Waals surface area contributed by atoms with E-state index in [0.29, 0.717) is 36.5 Å². The van der Waals surface area contributed by atoms with Crippen LogP contribution in [0, 0.1) is 0 Å². The molecule has 0 radical (unpaired) electrons. The Kier molecular flexibility index (Phi) is 3.98. The Morgan fingerprint density at radius 1 is 1.61 bits per heavy atom. The Bertz CT molecular complexity index is 455. The lowest BCUT2D eigenvalue weighted by Crippen LogP contribution is -2.54. The molecule has 18 heavy (non-hydrogen) atoms. The molecule has 0 saturated carbocycles. The molecule has 1 fully saturated rings. The quantitative estimate of drug-likeness (QED) is 0.815. The first-order valence-corrected chi connectivity index (χ1v) is 6.06. The zero-order chi connectivity index (χ0) is 13.1. The molecule has 7 heteroatoms. The lowest BCUT2D eigenvalue weighted by molar-refractivity contribution is -0.122. The lowest BCUT2D eigenvalue weighted by Gasteiger charge is -2.33. The first-order valence-electron chi connectivity index (χ1n) is 5.68. The highest BCUT2D eigenvalue weighted by Crippen LogP contribution is 2.19. The summed E-state index contributed by atoms with van der Waals surface area (Å²) < 4.78 is 4.99. The van der Waals surface area contributed by atoms with Gasteiger partial charge in [0.05, 0.1) is 0 Å². The number of nitrogens with one attached hydrogen (secondary N) is 1. The molecular formula is C11H15ClN4O2. The van der Waals surface area contributed by atoms with Crippen LogP contribution in [0.1, 0.15) is 12.7 Å². The summed E-state index contributed by atoms with van der Waals surface area (Å²) in [4.78, 5) is 21.9. The van der Waals surface area contributed by atoms with E-state index in [1.54, 1.807) is 13.2 Å². The summed E-state index contributed by atoms with van der Waals surface area (Å²) in [5.74, 6) is 1.16. The van der Waals surface area contributed by atoms with Gasteiger partial charge in [0.2, 0.25) is 5.91 Å².